The SMILES string of the molecule is CCc1cc(N=Nc2c(O)c(C(=O)Nc3ccc(OC)cc3)cc3ccccc23)cc(S(=O)(=O)O)c1Cl.CCc1cc(N=Nc2c([O-])c(C(=O)Nc3ccc(OC)cc3)cc3ccccc23)cc(S(=O)(=O)[O-])c1Cl.[Ca+2]. The van der Waals surface area contributed by atoms with Crippen LogP contribution in [-0.2, 0) is 33.1 Å². The van der Waals surface area contributed by atoms with Gasteiger partial charge in [-0.15, -0.1) is 5.11 Å². The van der Waals surface area contributed by atoms with Crippen molar-refractivity contribution in [3.05, 3.63) is 166 Å². The summed E-state index contributed by atoms with van der Waals surface area (Å²) in [5.41, 5.74) is 1.59. The standard InChI is InChI=1S/2C26H22ClN3O6S.Ca/c2*1-3-15-12-18(14-22(23(15)27)37(33,34)35)29-30-24-20-7-5-4-6-16(20)13-21(25(24)31)26(32)28-17-8-10-19(36-2)11-9-17;/h2*4-14,31H,3H2,1-2H3,(H,28,32)(H,33,34,35);/q;;+2/p-2. The second kappa shape index (κ2) is 24.7. The van der Waals surface area contributed by atoms with Gasteiger partial charge in [0.2, 0.25) is 0 Å². The first-order chi connectivity index (χ1) is 35.2. The number of hydrogen-bond acceptors (Lipinski definition) is 15. The molecule has 23 heteroatoms. The third-order valence-electron chi connectivity index (χ3n) is 11.2. The fraction of sp³-hybridized carbons (Fsp3) is 0.115. The summed E-state index contributed by atoms with van der Waals surface area (Å²) in [6.07, 6.45) is 0.710. The van der Waals surface area contributed by atoms with E-state index in [2.05, 4.69) is 31.1 Å². The number of carbonyl (C=O) groups excluding carboxylic acids is 2. The molecule has 75 heavy (non-hydrogen) atoms. The first-order valence-electron chi connectivity index (χ1n) is 22.0. The number of phenolic OH excluding ortho intramolecular Hbond substituents is 1. The number of nitrogens with zero attached hydrogens (tertiary/aromatic N) is 4. The first-order valence-corrected chi connectivity index (χ1v) is 25.6. The van der Waals surface area contributed by atoms with Gasteiger partial charge in [-0.2, -0.15) is 23.8 Å². The number of anilines is 2. The number of benzene rings is 8. The van der Waals surface area contributed by atoms with E-state index in [0.717, 1.165) is 12.1 Å². The number of hydrogen-bond donors (Lipinski definition) is 4. The van der Waals surface area contributed by atoms with Gasteiger partial charge < -0.3 is 34.9 Å². The van der Waals surface area contributed by atoms with E-state index in [9.17, 15) is 45.7 Å². The van der Waals surface area contributed by atoms with E-state index in [-0.39, 0.29) is 81.7 Å². The molecule has 0 saturated heterocycles. The molecule has 0 radical (unpaired) electrons. The molecule has 380 valence electrons. The molecule has 0 fully saturated rings. The Balaban J connectivity index is 0.000000241. The van der Waals surface area contributed by atoms with Gasteiger partial charge in [0, 0.05) is 27.7 Å². The van der Waals surface area contributed by atoms with Gasteiger partial charge in [0.1, 0.15) is 32.2 Å². The number of azo groups is 2. The monoisotopic (exact) mass is 1120 g/mol. The number of fused-ring (bicyclic) bond motifs is 2. The van der Waals surface area contributed by atoms with Crippen LogP contribution in [0.1, 0.15) is 45.7 Å². The second-order valence-electron chi connectivity index (χ2n) is 15.9. The van der Waals surface area contributed by atoms with Crippen LogP contribution in [0.3, 0.4) is 0 Å². The molecule has 0 spiro atoms. The zero-order chi connectivity index (χ0) is 53.5. The molecule has 0 atom stereocenters. The van der Waals surface area contributed by atoms with Crippen LogP contribution < -0.4 is 25.2 Å². The van der Waals surface area contributed by atoms with Crippen molar-refractivity contribution >= 4 is 149 Å². The van der Waals surface area contributed by atoms with Crippen LogP contribution in [0.15, 0.2) is 164 Å². The number of nitrogens with one attached hydrogen (secondary N) is 2. The molecule has 8 rings (SSSR count). The number of amides is 2. The minimum atomic E-state index is -4.87. The van der Waals surface area contributed by atoms with Gasteiger partial charge in [-0.3, -0.25) is 14.1 Å². The van der Waals surface area contributed by atoms with E-state index in [1.807, 2.05) is 0 Å². The molecule has 0 unspecified atom stereocenters. The van der Waals surface area contributed by atoms with E-state index in [1.165, 1.54) is 38.5 Å². The molecule has 18 nitrogen and oxygen atoms in total. The topological polar surface area (TPSA) is 281 Å². The summed E-state index contributed by atoms with van der Waals surface area (Å²) in [5, 5.41) is 48.0. The van der Waals surface area contributed by atoms with Gasteiger partial charge in [-0.25, -0.2) is 8.42 Å². The van der Waals surface area contributed by atoms with Crippen molar-refractivity contribution in [3.8, 4) is 23.0 Å². The third-order valence-corrected chi connectivity index (χ3v) is 14.0. The van der Waals surface area contributed by atoms with Gasteiger partial charge in [0.05, 0.1) is 51.8 Å². The minimum absolute atomic E-state index is 0. The van der Waals surface area contributed by atoms with Crippen LogP contribution in [-0.4, -0.2) is 94.8 Å². The molecule has 0 bridgehead atoms. The Bertz CT molecular complexity index is 3530. The molecule has 0 aliphatic rings. The normalized spacial score (nSPS) is 11.5. The fourth-order valence-electron chi connectivity index (χ4n) is 7.41. The predicted molar refractivity (Wildman–Crippen MR) is 284 cm³/mol. The van der Waals surface area contributed by atoms with Crippen molar-refractivity contribution in [3.63, 3.8) is 0 Å². The van der Waals surface area contributed by atoms with Gasteiger partial charge in [-0.05, 0) is 120 Å². The van der Waals surface area contributed by atoms with E-state index < -0.39 is 53.3 Å². The number of ether oxygens (including phenoxy) is 2. The van der Waals surface area contributed by atoms with Crippen molar-refractivity contribution in [2.45, 2.75) is 36.5 Å². The maximum Gasteiger partial charge on any atom is 2.00 e. The molecular weight excluding hydrogens is 1080 g/mol. The fourth-order valence-corrected chi connectivity index (χ4v) is 9.71. The van der Waals surface area contributed by atoms with Crippen LogP contribution in [0.2, 0.25) is 10.0 Å². The van der Waals surface area contributed by atoms with E-state index in [4.69, 9.17) is 32.7 Å². The van der Waals surface area contributed by atoms with E-state index >= 15 is 0 Å². The number of halogens is 2. The molecule has 0 aliphatic carbocycles. The molecule has 8 aromatic carbocycles. The second-order valence-corrected chi connectivity index (χ2v) is 19.4. The summed E-state index contributed by atoms with van der Waals surface area (Å²) in [6, 6.07) is 35.2. The number of methoxy groups -OCH3 is 2. The molecule has 2 amide bonds. The summed E-state index contributed by atoms with van der Waals surface area (Å²) in [6.45, 7) is 3.50. The zero-order valence-electron chi connectivity index (χ0n) is 40.2. The van der Waals surface area contributed by atoms with Crippen LogP contribution >= 0.6 is 23.2 Å². The molecule has 8 aromatic rings. The molecule has 0 heterocycles. The molecule has 0 saturated carbocycles. The Hall–Kier alpha value is -6.72. The van der Waals surface area contributed by atoms with Crippen LogP contribution in [0.4, 0.5) is 34.1 Å². The van der Waals surface area contributed by atoms with Crippen LogP contribution in [0.5, 0.6) is 23.0 Å². The largest absolute Gasteiger partial charge is 2.00 e. The number of aromatic hydroxyl groups is 1. The van der Waals surface area contributed by atoms with Gasteiger partial charge in [-0.1, -0.05) is 91.3 Å². The smallest absolute Gasteiger partial charge is 0.870 e. The summed E-state index contributed by atoms with van der Waals surface area (Å²) in [4.78, 5) is 24.9. The summed E-state index contributed by atoms with van der Waals surface area (Å²) in [7, 11) is -6.42. The first kappa shape index (κ1) is 57.6. The predicted octanol–water partition coefficient (Wildman–Crippen LogP) is 12.0. The van der Waals surface area contributed by atoms with Crippen molar-refractivity contribution in [1.82, 2.24) is 0 Å². The third kappa shape index (κ3) is 13.6. The number of rotatable bonds is 14. The number of aryl methyl sites for hydroxylation is 2. The number of phenols is 1. The molecule has 0 aliphatic heterocycles. The summed E-state index contributed by atoms with van der Waals surface area (Å²) in [5.74, 6) is -1.06. The maximum atomic E-state index is 13.3. The van der Waals surface area contributed by atoms with Crippen molar-refractivity contribution < 1.29 is 55.2 Å². The van der Waals surface area contributed by atoms with Crippen LogP contribution in [0.25, 0.3) is 21.5 Å². The minimum Gasteiger partial charge on any atom is -0.870 e. The average Bonchev–Trinajstić information content (AvgIpc) is 3.38. The molecular formula is C52H42CaCl2N6O12S2. The molecule has 0 aromatic heterocycles. The summed E-state index contributed by atoms with van der Waals surface area (Å²) >= 11 is 12.2. The average molecular weight is 1120 g/mol. The van der Waals surface area contributed by atoms with E-state index in [1.54, 1.807) is 111 Å². The van der Waals surface area contributed by atoms with Crippen molar-refractivity contribution in [1.29, 1.82) is 0 Å². The van der Waals surface area contributed by atoms with Gasteiger partial charge >= 0.3 is 37.7 Å². The Morgan fingerprint density at radius 1 is 0.600 bits per heavy atom. The Morgan fingerprint density at radius 2 is 1.01 bits per heavy atom. The Kier molecular flexibility index (Phi) is 19.0. The quantitative estimate of drug-likeness (QED) is 0.0449. The van der Waals surface area contributed by atoms with E-state index in [0.29, 0.717) is 68.4 Å². The van der Waals surface area contributed by atoms with Gasteiger partial charge in [0.15, 0.2) is 5.75 Å². The van der Waals surface area contributed by atoms with Crippen molar-refractivity contribution in [2.24, 2.45) is 20.5 Å². The molecule has 4 N–H and O–H groups in total. The zero-order valence-corrected chi connectivity index (χ0v) is 45.5. The maximum absolute atomic E-state index is 13.3. The number of carbonyl (C=O) groups is 2. The summed E-state index contributed by atoms with van der Waals surface area (Å²) < 4.78 is 78.4. The Morgan fingerprint density at radius 3 is 1.47 bits per heavy atom. The van der Waals surface area contributed by atoms with Gasteiger partial charge in [0.25, 0.3) is 21.9 Å². The van der Waals surface area contributed by atoms with Crippen LogP contribution in [0, 0.1) is 0 Å². The Labute approximate surface area is 470 Å². The van der Waals surface area contributed by atoms with Crippen molar-refractivity contribution in [2.75, 3.05) is 24.9 Å².